The van der Waals surface area contributed by atoms with Crippen molar-refractivity contribution < 1.29 is 25.5 Å². The van der Waals surface area contributed by atoms with Gasteiger partial charge in [0.25, 0.3) is 15.9 Å². The number of allylic oxidation sites excluding steroid dienone is 2. The summed E-state index contributed by atoms with van der Waals surface area (Å²) in [7, 11) is -1.14. The Hall–Kier alpha value is -2.74. The van der Waals surface area contributed by atoms with Gasteiger partial charge in [-0.3, -0.25) is 9.52 Å². The molecule has 0 spiro atoms. The summed E-state index contributed by atoms with van der Waals surface area (Å²) in [6, 6.07) is 4.65. The van der Waals surface area contributed by atoms with E-state index < -0.39 is 10.0 Å². The molecule has 32 heavy (non-hydrogen) atoms. The first-order valence-corrected chi connectivity index (χ1v) is 12.4. The molecule has 0 heterocycles. The van der Waals surface area contributed by atoms with Crippen molar-refractivity contribution in [2.75, 3.05) is 14.2 Å². The average Bonchev–Trinajstić information content (AvgIpc) is 2.82. The van der Waals surface area contributed by atoms with Crippen LogP contribution in [0.1, 0.15) is 55.7 Å². The van der Waals surface area contributed by atoms with Crippen molar-refractivity contribution in [1.29, 1.82) is 0 Å². The molecule has 0 aliphatic heterocycles. The third kappa shape index (κ3) is 7.75. The minimum Gasteiger partial charge on any atom is -0.497 e. The van der Waals surface area contributed by atoms with Crippen molar-refractivity contribution in [3.05, 3.63) is 54.3 Å². The van der Waals surface area contributed by atoms with Crippen LogP contribution in [0.5, 0.6) is 11.5 Å². The highest BCUT2D eigenvalue weighted by atomic mass is 32.2. The van der Waals surface area contributed by atoms with E-state index in [4.69, 9.17) is 9.47 Å². The Morgan fingerprint density at radius 3 is 2.34 bits per heavy atom. The summed E-state index contributed by atoms with van der Waals surface area (Å²) < 4.78 is 38.7. The van der Waals surface area contributed by atoms with Crippen molar-refractivity contribution >= 4 is 15.9 Å². The van der Waals surface area contributed by atoms with Gasteiger partial charge in [0.05, 0.1) is 14.2 Å². The van der Waals surface area contributed by atoms with Gasteiger partial charge < -0.3 is 14.8 Å². The zero-order valence-electron chi connectivity index (χ0n) is 19.7. The molecule has 1 fully saturated rings. The first-order chi connectivity index (χ1) is 15.3. The molecular formula is C24H40N2O5S. The quantitative estimate of drug-likeness (QED) is 0.394. The van der Waals surface area contributed by atoms with Crippen LogP contribution in [0, 0.1) is 0 Å². The SMILES string of the molecule is C=C/C(=C\C(=C/C)NS(=O)(=O)c1cc(OC)ccc1OC)C(=O)NC1CCCCC1.CC.[HH].[HH]. The summed E-state index contributed by atoms with van der Waals surface area (Å²) in [5, 5.41) is 3.01. The summed E-state index contributed by atoms with van der Waals surface area (Å²) in [5.74, 6) is 0.295. The topological polar surface area (TPSA) is 93.7 Å². The number of rotatable bonds is 9. The molecule has 0 saturated heterocycles. The van der Waals surface area contributed by atoms with Gasteiger partial charge in [-0.15, -0.1) is 0 Å². The van der Waals surface area contributed by atoms with Crippen LogP contribution < -0.4 is 19.5 Å². The molecule has 1 saturated carbocycles. The molecule has 8 heteroatoms. The molecule has 2 rings (SSSR count). The molecule has 2 N–H and O–H groups in total. The molecule has 0 bridgehead atoms. The van der Waals surface area contributed by atoms with Crippen molar-refractivity contribution in [3.63, 3.8) is 0 Å². The van der Waals surface area contributed by atoms with Crippen LogP contribution in [0.15, 0.2) is 59.2 Å². The fraction of sp³-hybridized carbons (Fsp3) is 0.458. The molecule has 1 aliphatic carbocycles. The maximum Gasteiger partial charge on any atom is 0.265 e. The lowest BCUT2D eigenvalue weighted by Crippen LogP contribution is -2.37. The van der Waals surface area contributed by atoms with E-state index in [0.717, 1.165) is 25.7 Å². The van der Waals surface area contributed by atoms with E-state index in [1.54, 1.807) is 19.1 Å². The lowest BCUT2D eigenvalue weighted by molar-refractivity contribution is -0.118. The predicted octanol–water partition coefficient (Wildman–Crippen LogP) is 4.97. The first-order valence-electron chi connectivity index (χ1n) is 10.9. The fourth-order valence-electron chi connectivity index (χ4n) is 3.28. The Morgan fingerprint density at radius 1 is 1.16 bits per heavy atom. The van der Waals surface area contributed by atoms with Crippen LogP contribution in [0.25, 0.3) is 0 Å². The molecular weight excluding hydrogens is 428 g/mol. The van der Waals surface area contributed by atoms with Gasteiger partial charge in [-0.25, -0.2) is 8.42 Å². The first kappa shape index (κ1) is 27.3. The zero-order valence-corrected chi connectivity index (χ0v) is 20.6. The number of sulfonamides is 1. The second-order valence-corrected chi connectivity index (χ2v) is 8.63. The van der Waals surface area contributed by atoms with Crippen LogP contribution in [0.3, 0.4) is 0 Å². The Bertz CT molecular complexity index is 941. The van der Waals surface area contributed by atoms with Gasteiger partial charge in [-0.2, -0.15) is 0 Å². The third-order valence-corrected chi connectivity index (χ3v) is 6.36. The molecule has 1 amide bonds. The van der Waals surface area contributed by atoms with Crippen molar-refractivity contribution in [2.45, 2.75) is 63.8 Å². The number of benzene rings is 1. The molecule has 0 atom stereocenters. The van der Waals surface area contributed by atoms with E-state index in [0.29, 0.717) is 5.75 Å². The largest absolute Gasteiger partial charge is 0.497 e. The maximum absolute atomic E-state index is 13.0. The number of nitrogens with one attached hydrogen (secondary N) is 2. The van der Waals surface area contributed by atoms with Gasteiger partial charge in [0.2, 0.25) is 0 Å². The third-order valence-electron chi connectivity index (χ3n) is 4.96. The van der Waals surface area contributed by atoms with Gasteiger partial charge in [-0.05, 0) is 38.0 Å². The van der Waals surface area contributed by atoms with E-state index in [2.05, 4.69) is 16.6 Å². The van der Waals surface area contributed by atoms with E-state index in [1.807, 2.05) is 13.8 Å². The molecule has 182 valence electrons. The zero-order chi connectivity index (χ0) is 24.1. The van der Waals surface area contributed by atoms with Gasteiger partial charge >= 0.3 is 0 Å². The number of amides is 1. The van der Waals surface area contributed by atoms with E-state index in [1.165, 1.54) is 44.9 Å². The Kier molecular flexibility index (Phi) is 11.6. The number of methoxy groups -OCH3 is 2. The van der Waals surface area contributed by atoms with Crippen LogP contribution in [0.4, 0.5) is 0 Å². The minimum atomic E-state index is -3.99. The fourth-order valence-corrected chi connectivity index (χ4v) is 4.56. The van der Waals surface area contributed by atoms with Gasteiger partial charge in [0, 0.05) is 26.2 Å². The molecule has 0 radical (unpaired) electrons. The Labute approximate surface area is 195 Å². The van der Waals surface area contributed by atoms with Crippen LogP contribution in [0.2, 0.25) is 0 Å². The lowest BCUT2D eigenvalue weighted by atomic mass is 9.95. The normalized spacial score (nSPS) is 15.2. The van der Waals surface area contributed by atoms with Crippen LogP contribution >= 0.6 is 0 Å². The molecule has 1 aliphatic rings. The number of hydrogen-bond acceptors (Lipinski definition) is 5. The monoisotopic (exact) mass is 468 g/mol. The smallest absolute Gasteiger partial charge is 0.265 e. The van der Waals surface area contributed by atoms with E-state index in [9.17, 15) is 13.2 Å². The summed E-state index contributed by atoms with van der Waals surface area (Å²) in [6.45, 7) is 9.37. The van der Waals surface area contributed by atoms with E-state index in [-0.39, 0.29) is 36.7 Å². The van der Waals surface area contributed by atoms with E-state index >= 15 is 0 Å². The molecule has 1 aromatic carbocycles. The highest BCUT2D eigenvalue weighted by Crippen LogP contribution is 2.28. The summed E-state index contributed by atoms with van der Waals surface area (Å²) in [6.07, 6.45) is 9.75. The van der Waals surface area contributed by atoms with Crippen LogP contribution in [-0.4, -0.2) is 34.6 Å². The second kappa shape index (κ2) is 13.6. The number of ether oxygens (including phenoxy) is 2. The molecule has 0 aromatic heterocycles. The van der Waals surface area contributed by atoms with Gasteiger partial charge in [-0.1, -0.05) is 51.8 Å². The molecule has 1 aromatic rings. The predicted molar refractivity (Wildman–Crippen MR) is 132 cm³/mol. The highest BCUT2D eigenvalue weighted by molar-refractivity contribution is 7.89. The molecule has 7 nitrogen and oxygen atoms in total. The summed E-state index contributed by atoms with van der Waals surface area (Å²) in [4.78, 5) is 12.6. The standard InChI is InChI=1S/C22H30N2O5S.C2H6.2H2/c1-5-16(22(25)23-18-10-8-7-9-11-18)14-17(6-2)24-30(26,27)21-15-19(28-3)12-13-20(21)29-4;1-2;;/h5-6,12-15,18,24H,1,7-11H2,2-4H3,(H,23,25);1-2H3;2*1H/b16-14+,17-6+;;;. The summed E-state index contributed by atoms with van der Waals surface area (Å²) in [5.41, 5.74) is 0.530. The number of carbonyl (C=O) groups is 1. The lowest BCUT2D eigenvalue weighted by Gasteiger charge is -2.23. The van der Waals surface area contributed by atoms with Gasteiger partial charge in [0.1, 0.15) is 16.4 Å². The molecule has 0 unspecified atom stereocenters. The van der Waals surface area contributed by atoms with Crippen molar-refractivity contribution in [1.82, 2.24) is 10.0 Å². The number of carbonyl (C=O) groups excluding carboxylic acids is 1. The second-order valence-electron chi connectivity index (χ2n) is 6.98. The summed E-state index contributed by atoms with van der Waals surface area (Å²) >= 11 is 0. The van der Waals surface area contributed by atoms with Gasteiger partial charge in [0.15, 0.2) is 0 Å². The van der Waals surface area contributed by atoms with Crippen LogP contribution in [-0.2, 0) is 14.8 Å². The highest BCUT2D eigenvalue weighted by Gasteiger charge is 2.22. The van der Waals surface area contributed by atoms with Crippen molar-refractivity contribution in [2.24, 2.45) is 0 Å². The number of hydrogen-bond donors (Lipinski definition) is 2. The maximum atomic E-state index is 13.0. The Morgan fingerprint density at radius 2 is 1.81 bits per heavy atom. The average molecular weight is 469 g/mol. The van der Waals surface area contributed by atoms with Crippen molar-refractivity contribution in [3.8, 4) is 11.5 Å². The minimum absolute atomic E-state index is 0. The Balaban J connectivity index is 0.